The van der Waals surface area contributed by atoms with Gasteiger partial charge in [0.05, 0.1) is 13.3 Å². The number of methoxy groups -OCH3 is 1. The van der Waals surface area contributed by atoms with Gasteiger partial charge in [0, 0.05) is 5.56 Å². The lowest BCUT2D eigenvalue weighted by Gasteiger charge is -2.02. The Morgan fingerprint density at radius 1 is 1.29 bits per heavy atom. The molecule has 0 atom stereocenters. The first-order chi connectivity index (χ1) is 10.3. The summed E-state index contributed by atoms with van der Waals surface area (Å²) in [5, 5.41) is 13.7. The monoisotopic (exact) mass is 283 g/mol. The van der Waals surface area contributed by atoms with Crippen molar-refractivity contribution in [2.45, 2.75) is 0 Å². The van der Waals surface area contributed by atoms with Crippen LogP contribution in [0, 0.1) is 0 Å². The highest BCUT2D eigenvalue weighted by Crippen LogP contribution is 2.21. The van der Waals surface area contributed by atoms with Crippen LogP contribution in [0.5, 0.6) is 11.5 Å². The number of hydrogen-bond donors (Lipinski definition) is 2. The Bertz CT molecular complexity index is 763. The van der Waals surface area contributed by atoms with E-state index >= 15 is 0 Å². The van der Waals surface area contributed by atoms with Gasteiger partial charge in [-0.2, -0.15) is 10.1 Å². The molecule has 0 fully saturated rings. The second-order valence-corrected chi connectivity index (χ2v) is 4.28. The van der Waals surface area contributed by atoms with E-state index < -0.39 is 0 Å². The number of phenols is 1. The van der Waals surface area contributed by atoms with E-state index in [0.29, 0.717) is 16.9 Å². The molecule has 2 aromatic carbocycles. The zero-order valence-corrected chi connectivity index (χ0v) is 11.3. The fourth-order valence-corrected chi connectivity index (χ4v) is 1.84. The van der Waals surface area contributed by atoms with E-state index in [2.05, 4.69) is 15.5 Å². The number of oxazole rings is 1. The topological polar surface area (TPSA) is 79.9 Å². The molecule has 0 saturated carbocycles. The highest BCUT2D eigenvalue weighted by molar-refractivity contribution is 5.84. The number of hydrogen-bond acceptors (Lipinski definition) is 6. The molecule has 3 rings (SSSR count). The maximum Gasteiger partial charge on any atom is 0.316 e. The summed E-state index contributed by atoms with van der Waals surface area (Å²) in [5.74, 6) is 0.745. The number of fused-ring (bicyclic) bond motifs is 1. The standard InChI is InChI=1S/C15H13N3O3/c1-20-11-6-7-13(19)10(8-11)9-16-18-15-17-12-4-2-3-5-14(12)21-15/h2-9,19H,1H3,(H,17,18)/b16-9-. The molecule has 0 amide bonds. The third kappa shape index (κ3) is 2.79. The van der Waals surface area contributed by atoms with Gasteiger partial charge in [-0.25, -0.2) is 5.43 Å². The maximum atomic E-state index is 9.73. The molecule has 2 N–H and O–H groups in total. The van der Waals surface area contributed by atoms with Crippen LogP contribution in [-0.4, -0.2) is 23.4 Å². The van der Waals surface area contributed by atoms with Gasteiger partial charge in [0.1, 0.15) is 17.0 Å². The van der Waals surface area contributed by atoms with Crippen LogP contribution in [-0.2, 0) is 0 Å². The van der Waals surface area contributed by atoms with Crippen molar-refractivity contribution in [2.24, 2.45) is 5.10 Å². The molecule has 0 aliphatic rings. The first-order valence-electron chi connectivity index (χ1n) is 6.28. The first-order valence-corrected chi connectivity index (χ1v) is 6.28. The summed E-state index contributed by atoms with van der Waals surface area (Å²) in [7, 11) is 1.56. The van der Waals surface area contributed by atoms with Gasteiger partial charge in [-0.05, 0) is 30.3 Å². The smallest absolute Gasteiger partial charge is 0.316 e. The van der Waals surface area contributed by atoms with E-state index in [0.717, 1.165) is 5.52 Å². The molecule has 106 valence electrons. The Morgan fingerprint density at radius 2 is 2.14 bits per heavy atom. The number of ether oxygens (including phenoxy) is 1. The minimum atomic E-state index is 0.110. The van der Waals surface area contributed by atoms with E-state index in [1.807, 2.05) is 24.3 Å². The average molecular weight is 283 g/mol. The SMILES string of the molecule is COc1ccc(O)c(/C=N\Nc2nc3ccccc3o2)c1. The summed E-state index contributed by atoms with van der Waals surface area (Å²) in [6.45, 7) is 0. The minimum Gasteiger partial charge on any atom is -0.507 e. The van der Waals surface area contributed by atoms with Crippen molar-refractivity contribution in [3.63, 3.8) is 0 Å². The average Bonchev–Trinajstić information content (AvgIpc) is 2.92. The van der Waals surface area contributed by atoms with Gasteiger partial charge in [-0.1, -0.05) is 12.1 Å². The van der Waals surface area contributed by atoms with Gasteiger partial charge in [0.15, 0.2) is 5.58 Å². The van der Waals surface area contributed by atoms with E-state index in [-0.39, 0.29) is 11.8 Å². The van der Waals surface area contributed by atoms with Crippen LogP contribution >= 0.6 is 0 Å². The Labute approximate surface area is 120 Å². The van der Waals surface area contributed by atoms with Crippen LogP contribution in [0.25, 0.3) is 11.1 Å². The van der Waals surface area contributed by atoms with E-state index in [9.17, 15) is 5.11 Å². The van der Waals surface area contributed by atoms with Crippen molar-refractivity contribution in [2.75, 3.05) is 12.5 Å². The molecule has 6 nitrogen and oxygen atoms in total. The lowest BCUT2D eigenvalue weighted by molar-refractivity contribution is 0.412. The Kier molecular flexibility index (Phi) is 3.42. The number of nitrogens with one attached hydrogen (secondary N) is 1. The van der Waals surface area contributed by atoms with Gasteiger partial charge in [-0.3, -0.25) is 0 Å². The fourth-order valence-electron chi connectivity index (χ4n) is 1.84. The van der Waals surface area contributed by atoms with Crippen molar-refractivity contribution in [3.8, 4) is 11.5 Å². The molecular formula is C15H13N3O3. The first kappa shape index (κ1) is 13.0. The normalized spacial score (nSPS) is 11.1. The van der Waals surface area contributed by atoms with Crippen LogP contribution in [0.1, 0.15) is 5.56 Å². The molecule has 6 heteroatoms. The molecule has 0 unspecified atom stereocenters. The number of nitrogens with zero attached hydrogens (tertiary/aromatic N) is 2. The number of rotatable bonds is 4. The van der Waals surface area contributed by atoms with Crippen LogP contribution in [0.2, 0.25) is 0 Å². The summed E-state index contributed by atoms with van der Waals surface area (Å²) in [5.41, 5.74) is 4.64. The molecule has 3 aromatic rings. The molecule has 0 aliphatic carbocycles. The predicted octanol–water partition coefficient (Wildman–Crippen LogP) is 2.99. The van der Waals surface area contributed by atoms with Crippen molar-refractivity contribution < 1.29 is 14.3 Å². The van der Waals surface area contributed by atoms with Crippen molar-refractivity contribution >= 4 is 23.3 Å². The molecule has 0 saturated heterocycles. The maximum absolute atomic E-state index is 9.73. The van der Waals surface area contributed by atoms with E-state index in [4.69, 9.17) is 9.15 Å². The summed E-state index contributed by atoms with van der Waals surface area (Å²) in [6.07, 6.45) is 1.46. The number of hydrazone groups is 1. The van der Waals surface area contributed by atoms with Crippen LogP contribution in [0.3, 0.4) is 0 Å². The number of anilines is 1. The molecule has 0 aliphatic heterocycles. The molecule has 0 spiro atoms. The summed E-state index contributed by atoms with van der Waals surface area (Å²) < 4.78 is 10.5. The third-order valence-electron chi connectivity index (χ3n) is 2.89. The minimum absolute atomic E-state index is 0.110. The summed E-state index contributed by atoms with van der Waals surface area (Å²) in [6, 6.07) is 12.6. The number of benzene rings is 2. The van der Waals surface area contributed by atoms with E-state index in [1.54, 1.807) is 25.3 Å². The highest BCUT2D eigenvalue weighted by atomic mass is 16.5. The molecule has 1 aromatic heterocycles. The van der Waals surface area contributed by atoms with Crippen molar-refractivity contribution in [1.29, 1.82) is 0 Å². The molecular weight excluding hydrogens is 270 g/mol. The third-order valence-corrected chi connectivity index (χ3v) is 2.89. The molecule has 1 heterocycles. The quantitative estimate of drug-likeness (QED) is 0.568. The van der Waals surface area contributed by atoms with Gasteiger partial charge >= 0.3 is 6.01 Å². The zero-order chi connectivity index (χ0) is 14.7. The predicted molar refractivity (Wildman–Crippen MR) is 79.9 cm³/mol. The second-order valence-electron chi connectivity index (χ2n) is 4.28. The van der Waals surface area contributed by atoms with Crippen LogP contribution in [0.15, 0.2) is 52.0 Å². The molecule has 21 heavy (non-hydrogen) atoms. The summed E-state index contributed by atoms with van der Waals surface area (Å²) in [4.78, 5) is 4.22. The van der Waals surface area contributed by atoms with E-state index in [1.165, 1.54) is 6.21 Å². The Hall–Kier alpha value is -3.02. The fraction of sp³-hybridized carbons (Fsp3) is 0.0667. The lowest BCUT2D eigenvalue weighted by atomic mass is 10.2. The largest absolute Gasteiger partial charge is 0.507 e. The Morgan fingerprint density at radius 3 is 2.95 bits per heavy atom. The molecule has 0 radical (unpaired) electrons. The van der Waals surface area contributed by atoms with Gasteiger partial charge in [-0.15, -0.1) is 0 Å². The highest BCUT2D eigenvalue weighted by Gasteiger charge is 2.03. The Balaban J connectivity index is 1.77. The number of aromatic hydroxyl groups is 1. The number of phenolic OH excluding ortho intramolecular Hbond substituents is 1. The zero-order valence-electron chi connectivity index (χ0n) is 11.3. The summed E-state index contributed by atoms with van der Waals surface area (Å²) >= 11 is 0. The van der Waals surface area contributed by atoms with Crippen LogP contribution < -0.4 is 10.2 Å². The second kappa shape index (κ2) is 5.54. The van der Waals surface area contributed by atoms with Crippen LogP contribution in [0.4, 0.5) is 6.01 Å². The van der Waals surface area contributed by atoms with Crippen molar-refractivity contribution in [1.82, 2.24) is 4.98 Å². The van der Waals surface area contributed by atoms with Crippen molar-refractivity contribution in [3.05, 3.63) is 48.0 Å². The number of para-hydroxylation sites is 2. The lowest BCUT2D eigenvalue weighted by Crippen LogP contribution is -1.92. The van der Waals surface area contributed by atoms with Gasteiger partial charge in [0.2, 0.25) is 0 Å². The molecule has 0 bridgehead atoms. The van der Waals surface area contributed by atoms with Gasteiger partial charge in [0.25, 0.3) is 0 Å². The number of aromatic nitrogens is 1. The van der Waals surface area contributed by atoms with Gasteiger partial charge < -0.3 is 14.3 Å².